The van der Waals surface area contributed by atoms with Crippen LogP contribution in [0.4, 0.5) is 0 Å². The molecule has 0 N–H and O–H groups in total. The van der Waals surface area contributed by atoms with E-state index in [1.54, 1.807) is 0 Å². The average Bonchev–Trinajstić information content (AvgIpc) is 2.29. The molecule has 1 nitrogen and oxygen atoms in total. The van der Waals surface area contributed by atoms with E-state index in [-0.39, 0.29) is 0 Å². The second kappa shape index (κ2) is 8.46. The zero-order valence-corrected chi connectivity index (χ0v) is 11.0. The van der Waals surface area contributed by atoms with Crippen molar-refractivity contribution in [3.05, 3.63) is 0 Å². The first-order chi connectivity index (χ1) is 7.36. The van der Waals surface area contributed by atoms with Gasteiger partial charge in [-0.3, -0.25) is 0 Å². The van der Waals surface area contributed by atoms with Crippen molar-refractivity contribution in [1.82, 2.24) is 0 Å². The fraction of sp³-hybridized carbons (Fsp3) is 1.00. The minimum absolute atomic E-state index is 0.668. The maximum atomic E-state index is 5.83. The first-order valence-electron chi connectivity index (χ1n) is 6.55. The summed E-state index contributed by atoms with van der Waals surface area (Å²) in [5, 5.41) is 0. The average molecular weight is 230 g/mol. The van der Waals surface area contributed by atoms with Crippen molar-refractivity contribution < 1.29 is 4.74 Å². The Labute approximate surface area is 100 Å². The van der Waals surface area contributed by atoms with Gasteiger partial charge in [0.25, 0.3) is 0 Å². The molecule has 0 bridgehead atoms. The molecule has 0 amide bonds. The molecule has 0 aromatic carbocycles. The molecule has 0 heterocycles. The van der Waals surface area contributed by atoms with Crippen molar-refractivity contribution in [2.24, 2.45) is 11.8 Å². The van der Waals surface area contributed by atoms with Gasteiger partial charge >= 0.3 is 0 Å². The van der Waals surface area contributed by atoms with E-state index in [1.807, 2.05) is 0 Å². The van der Waals surface area contributed by atoms with Crippen molar-refractivity contribution in [2.45, 2.75) is 51.9 Å². The normalized spacial score (nSPS) is 20.4. The molecule has 0 aromatic rings. The lowest BCUT2D eigenvalue weighted by Crippen LogP contribution is -2.18. The van der Waals surface area contributed by atoms with Gasteiger partial charge in [-0.1, -0.05) is 32.6 Å². The van der Waals surface area contributed by atoms with E-state index >= 15 is 0 Å². The van der Waals surface area contributed by atoms with Crippen molar-refractivity contribution in [2.75, 3.05) is 19.0 Å². The maximum absolute atomic E-state index is 5.83. The van der Waals surface area contributed by atoms with Gasteiger partial charge in [-0.05, 0) is 36.9 Å². The number of hydrogen-bond donors (Lipinski definition) is 1. The van der Waals surface area contributed by atoms with Crippen LogP contribution in [-0.4, -0.2) is 19.0 Å². The molecular weight excluding hydrogens is 204 g/mol. The third-order valence-corrected chi connectivity index (χ3v) is 3.90. The first kappa shape index (κ1) is 13.4. The van der Waals surface area contributed by atoms with Crippen LogP contribution in [-0.2, 0) is 4.74 Å². The largest absolute Gasteiger partial charge is 0.381 e. The molecule has 90 valence electrons. The minimum Gasteiger partial charge on any atom is -0.381 e. The SMILES string of the molecule is CCCC(CS)COCC1CCCCC1. The van der Waals surface area contributed by atoms with E-state index in [0.717, 1.165) is 24.9 Å². The second-order valence-electron chi connectivity index (χ2n) is 4.88. The van der Waals surface area contributed by atoms with Gasteiger partial charge in [-0.2, -0.15) is 12.6 Å². The van der Waals surface area contributed by atoms with Crippen molar-refractivity contribution >= 4 is 12.6 Å². The van der Waals surface area contributed by atoms with Crippen LogP contribution >= 0.6 is 12.6 Å². The Bertz CT molecular complexity index is 139. The number of thiol groups is 1. The Balaban J connectivity index is 2.03. The van der Waals surface area contributed by atoms with Gasteiger partial charge in [0.05, 0.1) is 6.61 Å². The molecule has 0 aliphatic heterocycles. The first-order valence-corrected chi connectivity index (χ1v) is 7.18. The molecule has 0 saturated heterocycles. The van der Waals surface area contributed by atoms with Crippen LogP contribution in [0, 0.1) is 11.8 Å². The summed E-state index contributed by atoms with van der Waals surface area (Å²) in [7, 11) is 0. The summed E-state index contributed by atoms with van der Waals surface area (Å²) in [6.07, 6.45) is 9.55. The lowest BCUT2D eigenvalue weighted by Gasteiger charge is -2.22. The lowest BCUT2D eigenvalue weighted by atomic mass is 9.90. The van der Waals surface area contributed by atoms with Crippen LogP contribution in [0.3, 0.4) is 0 Å². The summed E-state index contributed by atoms with van der Waals surface area (Å²) in [6, 6.07) is 0. The van der Waals surface area contributed by atoms with E-state index in [9.17, 15) is 0 Å². The van der Waals surface area contributed by atoms with E-state index < -0.39 is 0 Å². The Morgan fingerprint density at radius 3 is 2.60 bits per heavy atom. The van der Waals surface area contributed by atoms with Crippen molar-refractivity contribution in [3.8, 4) is 0 Å². The molecule has 0 radical (unpaired) electrons. The molecule has 1 unspecified atom stereocenters. The molecule has 1 saturated carbocycles. The highest BCUT2D eigenvalue weighted by molar-refractivity contribution is 7.80. The van der Waals surface area contributed by atoms with E-state index in [0.29, 0.717) is 5.92 Å². The van der Waals surface area contributed by atoms with Gasteiger partial charge in [0, 0.05) is 6.61 Å². The summed E-state index contributed by atoms with van der Waals surface area (Å²) in [5.41, 5.74) is 0. The third kappa shape index (κ3) is 5.82. The zero-order valence-electron chi connectivity index (χ0n) is 10.1. The predicted molar refractivity (Wildman–Crippen MR) is 69.6 cm³/mol. The predicted octanol–water partition coefficient (Wildman–Crippen LogP) is 3.93. The van der Waals surface area contributed by atoms with E-state index in [4.69, 9.17) is 4.74 Å². The Kier molecular flexibility index (Phi) is 7.54. The van der Waals surface area contributed by atoms with Gasteiger partial charge in [0.1, 0.15) is 0 Å². The molecule has 1 aliphatic rings. The Morgan fingerprint density at radius 1 is 1.27 bits per heavy atom. The fourth-order valence-corrected chi connectivity index (χ4v) is 2.68. The van der Waals surface area contributed by atoms with Crippen molar-refractivity contribution in [3.63, 3.8) is 0 Å². The van der Waals surface area contributed by atoms with Gasteiger partial charge in [-0.15, -0.1) is 0 Å². The van der Waals surface area contributed by atoms with Crippen LogP contribution < -0.4 is 0 Å². The molecule has 1 atom stereocenters. The van der Waals surface area contributed by atoms with Gasteiger partial charge < -0.3 is 4.74 Å². The van der Waals surface area contributed by atoms with E-state index in [1.165, 1.54) is 44.9 Å². The standard InChI is InChI=1S/C13H26OS/c1-2-6-13(11-15)10-14-9-12-7-4-3-5-8-12/h12-13,15H,2-11H2,1H3. The monoisotopic (exact) mass is 230 g/mol. The molecule has 0 aromatic heterocycles. The summed E-state index contributed by atoms with van der Waals surface area (Å²) in [5.74, 6) is 2.49. The molecule has 1 rings (SSSR count). The molecule has 1 aliphatic carbocycles. The summed E-state index contributed by atoms with van der Waals surface area (Å²) < 4.78 is 5.83. The maximum Gasteiger partial charge on any atom is 0.0502 e. The molecule has 15 heavy (non-hydrogen) atoms. The number of rotatable bonds is 7. The molecular formula is C13H26OS. The Hall–Kier alpha value is 0.310. The van der Waals surface area contributed by atoms with Gasteiger partial charge in [0.15, 0.2) is 0 Å². The second-order valence-corrected chi connectivity index (χ2v) is 5.24. The summed E-state index contributed by atoms with van der Waals surface area (Å²) in [4.78, 5) is 0. The van der Waals surface area contributed by atoms with Crippen LogP contribution in [0.2, 0.25) is 0 Å². The Morgan fingerprint density at radius 2 is 2.00 bits per heavy atom. The highest BCUT2D eigenvalue weighted by Crippen LogP contribution is 2.24. The number of ether oxygens (including phenoxy) is 1. The summed E-state index contributed by atoms with van der Waals surface area (Å²) in [6.45, 7) is 4.15. The molecule has 1 fully saturated rings. The van der Waals surface area contributed by atoms with E-state index in [2.05, 4.69) is 19.6 Å². The lowest BCUT2D eigenvalue weighted by molar-refractivity contribution is 0.0632. The van der Waals surface area contributed by atoms with Crippen LogP contribution in [0.25, 0.3) is 0 Å². The van der Waals surface area contributed by atoms with Crippen LogP contribution in [0.1, 0.15) is 51.9 Å². The highest BCUT2D eigenvalue weighted by Gasteiger charge is 2.14. The quantitative estimate of drug-likeness (QED) is 0.652. The topological polar surface area (TPSA) is 9.23 Å². The minimum atomic E-state index is 0.668. The number of hydrogen-bond acceptors (Lipinski definition) is 2. The third-order valence-electron chi connectivity index (χ3n) is 3.39. The summed E-state index contributed by atoms with van der Waals surface area (Å²) >= 11 is 4.37. The van der Waals surface area contributed by atoms with Crippen LogP contribution in [0.5, 0.6) is 0 Å². The molecule has 0 spiro atoms. The fourth-order valence-electron chi connectivity index (χ4n) is 2.39. The van der Waals surface area contributed by atoms with Gasteiger partial charge in [-0.25, -0.2) is 0 Å². The van der Waals surface area contributed by atoms with Crippen LogP contribution in [0.15, 0.2) is 0 Å². The zero-order chi connectivity index (χ0) is 10.9. The smallest absolute Gasteiger partial charge is 0.0502 e. The highest BCUT2D eigenvalue weighted by atomic mass is 32.1. The van der Waals surface area contributed by atoms with Gasteiger partial charge in [0.2, 0.25) is 0 Å². The molecule has 2 heteroatoms. The van der Waals surface area contributed by atoms with Crippen molar-refractivity contribution in [1.29, 1.82) is 0 Å².